The molecule has 1 aliphatic heterocycles. The van der Waals surface area contributed by atoms with E-state index in [1.807, 2.05) is 13.8 Å². The summed E-state index contributed by atoms with van der Waals surface area (Å²) >= 11 is 0. The van der Waals surface area contributed by atoms with Crippen molar-refractivity contribution >= 4 is 29.9 Å². The molecule has 8 heteroatoms. The Balaban J connectivity index is 0.00000288. The van der Waals surface area contributed by atoms with E-state index in [1.165, 1.54) is 6.07 Å². The van der Waals surface area contributed by atoms with Crippen molar-refractivity contribution < 1.29 is 18.4 Å². The molecule has 3 N–H and O–H groups in total. The van der Waals surface area contributed by atoms with Crippen LogP contribution in [0.15, 0.2) is 18.2 Å². The van der Waals surface area contributed by atoms with E-state index in [9.17, 15) is 18.4 Å². The van der Waals surface area contributed by atoms with Gasteiger partial charge < -0.3 is 16.0 Å². The van der Waals surface area contributed by atoms with E-state index < -0.39 is 35.5 Å². The smallest absolute Gasteiger partial charge is 0.249 e. The van der Waals surface area contributed by atoms with Crippen LogP contribution in [-0.4, -0.2) is 30.4 Å². The third-order valence-electron chi connectivity index (χ3n) is 4.29. The Bertz CT molecular complexity index is 595. The van der Waals surface area contributed by atoms with Gasteiger partial charge in [-0.25, -0.2) is 8.78 Å². The SMILES string of the molecule is CCC(C)C(N)C(=O)NC1CCN(c2c(F)cccc2F)C1=O.Cl. The zero-order chi connectivity index (χ0) is 17.1. The Kier molecular flexibility index (Phi) is 7.10. The van der Waals surface area contributed by atoms with Crippen molar-refractivity contribution in [2.45, 2.75) is 38.8 Å². The Morgan fingerprint density at radius 1 is 1.42 bits per heavy atom. The monoisotopic (exact) mass is 361 g/mol. The van der Waals surface area contributed by atoms with Gasteiger partial charge in [-0.1, -0.05) is 26.3 Å². The number of hydrogen-bond acceptors (Lipinski definition) is 3. The Hall–Kier alpha value is -1.73. The van der Waals surface area contributed by atoms with Gasteiger partial charge in [0.05, 0.1) is 6.04 Å². The minimum Gasteiger partial charge on any atom is -0.343 e. The number of para-hydroxylation sites is 1. The average molecular weight is 362 g/mol. The summed E-state index contributed by atoms with van der Waals surface area (Å²) in [4.78, 5) is 25.4. The predicted molar refractivity (Wildman–Crippen MR) is 89.9 cm³/mol. The van der Waals surface area contributed by atoms with Gasteiger partial charge in [-0.2, -0.15) is 0 Å². The second-order valence-corrected chi connectivity index (χ2v) is 5.82. The lowest BCUT2D eigenvalue weighted by molar-refractivity contribution is -0.128. The van der Waals surface area contributed by atoms with Crippen molar-refractivity contribution in [3.63, 3.8) is 0 Å². The van der Waals surface area contributed by atoms with Crippen LogP contribution in [0.25, 0.3) is 0 Å². The standard InChI is InChI=1S/C16H21F2N3O2.ClH/c1-3-9(2)13(19)15(22)20-12-7-8-21(16(12)23)14-10(17)5-4-6-11(14)18;/h4-6,9,12-13H,3,7-8,19H2,1-2H3,(H,20,22);1H. The maximum atomic E-state index is 13.8. The molecule has 1 fully saturated rings. The molecule has 1 aromatic carbocycles. The number of amides is 2. The lowest BCUT2D eigenvalue weighted by atomic mass is 9.99. The van der Waals surface area contributed by atoms with Gasteiger partial charge in [0.25, 0.3) is 0 Å². The van der Waals surface area contributed by atoms with Gasteiger partial charge in [-0.15, -0.1) is 12.4 Å². The molecule has 5 nitrogen and oxygen atoms in total. The number of nitrogens with one attached hydrogen (secondary N) is 1. The number of nitrogens with two attached hydrogens (primary N) is 1. The van der Waals surface area contributed by atoms with E-state index in [0.717, 1.165) is 23.5 Å². The molecular formula is C16H22ClF2N3O2. The molecule has 1 aromatic rings. The van der Waals surface area contributed by atoms with Crippen LogP contribution in [0.4, 0.5) is 14.5 Å². The lowest BCUT2D eigenvalue weighted by Crippen LogP contribution is -2.50. The molecule has 1 heterocycles. The highest BCUT2D eigenvalue weighted by molar-refractivity contribution is 6.01. The fourth-order valence-electron chi connectivity index (χ4n) is 2.56. The number of hydrogen-bond donors (Lipinski definition) is 2. The molecule has 1 saturated heterocycles. The number of benzene rings is 1. The molecular weight excluding hydrogens is 340 g/mol. The molecule has 24 heavy (non-hydrogen) atoms. The molecule has 1 aliphatic rings. The number of nitrogens with zero attached hydrogens (tertiary/aromatic N) is 1. The summed E-state index contributed by atoms with van der Waals surface area (Å²) in [5.41, 5.74) is 5.46. The lowest BCUT2D eigenvalue weighted by Gasteiger charge is -2.21. The fraction of sp³-hybridized carbons (Fsp3) is 0.500. The van der Waals surface area contributed by atoms with Crippen LogP contribution in [0.1, 0.15) is 26.7 Å². The maximum Gasteiger partial charge on any atom is 0.249 e. The van der Waals surface area contributed by atoms with E-state index in [2.05, 4.69) is 5.32 Å². The Morgan fingerprint density at radius 2 is 2.00 bits per heavy atom. The van der Waals surface area contributed by atoms with E-state index in [-0.39, 0.29) is 37.0 Å². The number of carbonyl (C=O) groups excluding carboxylic acids is 2. The molecule has 0 saturated carbocycles. The summed E-state index contributed by atoms with van der Waals surface area (Å²) < 4.78 is 27.6. The van der Waals surface area contributed by atoms with Crippen LogP contribution in [0.2, 0.25) is 0 Å². The minimum absolute atomic E-state index is 0. The predicted octanol–water partition coefficient (Wildman–Crippen LogP) is 1.98. The quantitative estimate of drug-likeness (QED) is 0.842. The second kappa shape index (κ2) is 8.39. The average Bonchev–Trinajstić information content (AvgIpc) is 2.87. The molecule has 134 valence electrons. The van der Waals surface area contributed by atoms with Gasteiger partial charge in [0, 0.05) is 6.54 Å². The highest BCUT2D eigenvalue weighted by Crippen LogP contribution is 2.27. The number of rotatable bonds is 5. The molecule has 0 radical (unpaired) electrons. The third-order valence-corrected chi connectivity index (χ3v) is 4.29. The topological polar surface area (TPSA) is 75.4 Å². The normalized spacial score (nSPS) is 19.6. The van der Waals surface area contributed by atoms with Crippen LogP contribution < -0.4 is 16.0 Å². The fourth-order valence-corrected chi connectivity index (χ4v) is 2.56. The highest BCUT2D eigenvalue weighted by atomic mass is 35.5. The minimum atomic E-state index is -0.809. The van der Waals surface area contributed by atoms with Crippen molar-refractivity contribution in [1.29, 1.82) is 0 Å². The van der Waals surface area contributed by atoms with Crippen LogP contribution in [0.3, 0.4) is 0 Å². The molecule has 0 aromatic heterocycles. The third kappa shape index (κ3) is 4.02. The molecule has 0 aliphatic carbocycles. The summed E-state index contributed by atoms with van der Waals surface area (Å²) in [5, 5.41) is 2.58. The Morgan fingerprint density at radius 3 is 2.54 bits per heavy atom. The first kappa shape index (κ1) is 20.3. The van der Waals surface area contributed by atoms with Gasteiger partial charge in [0.1, 0.15) is 23.4 Å². The number of anilines is 1. The first-order valence-electron chi connectivity index (χ1n) is 7.68. The molecule has 0 spiro atoms. The molecule has 3 atom stereocenters. The van der Waals surface area contributed by atoms with E-state index in [1.54, 1.807) is 0 Å². The van der Waals surface area contributed by atoms with E-state index in [4.69, 9.17) is 5.73 Å². The van der Waals surface area contributed by atoms with Gasteiger partial charge in [0.2, 0.25) is 11.8 Å². The number of carbonyl (C=O) groups is 2. The van der Waals surface area contributed by atoms with Crippen LogP contribution in [0, 0.1) is 17.6 Å². The van der Waals surface area contributed by atoms with E-state index >= 15 is 0 Å². The van der Waals surface area contributed by atoms with E-state index in [0.29, 0.717) is 0 Å². The molecule has 2 rings (SSSR count). The zero-order valence-electron chi connectivity index (χ0n) is 13.6. The van der Waals surface area contributed by atoms with Gasteiger partial charge in [0.15, 0.2) is 0 Å². The van der Waals surface area contributed by atoms with Crippen LogP contribution in [0.5, 0.6) is 0 Å². The summed E-state index contributed by atoms with van der Waals surface area (Å²) in [5.74, 6) is -2.58. The molecule has 2 amide bonds. The van der Waals surface area contributed by atoms with Crippen molar-refractivity contribution in [2.24, 2.45) is 11.7 Å². The highest BCUT2D eigenvalue weighted by Gasteiger charge is 2.37. The van der Waals surface area contributed by atoms with Crippen molar-refractivity contribution in [3.8, 4) is 0 Å². The van der Waals surface area contributed by atoms with Crippen molar-refractivity contribution in [1.82, 2.24) is 5.32 Å². The van der Waals surface area contributed by atoms with Gasteiger partial charge in [-0.3, -0.25) is 9.59 Å². The van der Waals surface area contributed by atoms with Gasteiger partial charge >= 0.3 is 0 Å². The first-order valence-corrected chi connectivity index (χ1v) is 7.68. The summed E-state index contributed by atoms with van der Waals surface area (Å²) in [7, 11) is 0. The summed E-state index contributed by atoms with van der Waals surface area (Å²) in [6, 6.07) is 1.90. The summed E-state index contributed by atoms with van der Waals surface area (Å²) in [6.07, 6.45) is 1.02. The molecule has 3 unspecified atom stereocenters. The zero-order valence-corrected chi connectivity index (χ0v) is 14.4. The van der Waals surface area contributed by atoms with Gasteiger partial charge in [-0.05, 0) is 24.5 Å². The van der Waals surface area contributed by atoms with Crippen molar-refractivity contribution in [3.05, 3.63) is 29.8 Å². The molecule has 0 bridgehead atoms. The van der Waals surface area contributed by atoms with Crippen molar-refractivity contribution in [2.75, 3.05) is 11.4 Å². The van der Waals surface area contributed by atoms with Crippen LogP contribution >= 0.6 is 12.4 Å². The number of halogens is 3. The Labute approximate surface area is 146 Å². The largest absolute Gasteiger partial charge is 0.343 e. The van der Waals surface area contributed by atoms with Crippen LogP contribution in [-0.2, 0) is 9.59 Å². The second-order valence-electron chi connectivity index (χ2n) is 5.82. The maximum absolute atomic E-state index is 13.8. The summed E-state index contributed by atoms with van der Waals surface area (Å²) in [6.45, 7) is 3.91. The first-order chi connectivity index (χ1) is 10.9.